The maximum absolute atomic E-state index is 10.2. The van der Waals surface area contributed by atoms with Gasteiger partial charge < -0.3 is 0 Å². The second-order valence-electron chi connectivity index (χ2n) is 7.97. The Morgan fingerprint density at radius 3 is 2.30 bits per heavy atom. The van der Waals surface area contributed by atoms with Gasteiger partial charge in [0.25, 0.3) is 0 Å². The summed E-state index contributed by atoms with van der Waals surface area (Å²) in [7, 11) is 0. The number of hydrogen-bond acceptors (Lipinski definition) is 3. The topological polar surface area (TPSA) is 36.7 Å². The highest BCUT2D eigenvalue weighted by atomic mass is 35.5. The van der Waals surface area contributed by atoms with Crippen molar-refractivity contribution in [1.82, 2.24) is 4.98 Å². The predicted octanol–water partition coefficient (Wildman–Crippen LogP) is 8.05. The third kappa shape index (κ3) is 4.59. The van der Waals surface area contributed by atoms with Gasteiger partial charge in [0, 0.05) is 16.3 Å². The van der Waals surface area contributed by atoms with Crippen LogP contribution in [0.25, 0.3) is 22.8 Å². The molecule has 4 aromatic rings. The van der Waals surface area contributed by atoms with Crippen LogP contribution >= 0.6 is 23.4 Å². The van der Waals surface area contributed by atoms with Crippen LogP contribution in [-0.2, 0) is 12.2 Å². The van der Waals surface area contributed by atoms with Gasteiger partial charge in [0.2, 0.25) is 0 Å². The molecule has 0 radical (unpaired) electrons. The van der Waals surface area contributed by atoms with Gasteiger partial charge in [-0.05, 0) is 58.9 Å². The molecule has 3 aromatic carbocycles. The first kappa shape index (κ1) is 21.5. The molecule has 0 saturated carbocycles. The summed E-state index contributed by atoms with van der Waals surface area (Å²) < 4.78 is 0. The van der Waals surface area contributed by atoms with Gasteiger partial charge in [-0.1, -0.05) is 84.4 Å². The van der Waals surface area contributed by atoms with Gasteiger partial charge in [-0.25, -0.2) is 4.98 Å². The summed E-state index contributed by atoms with van der Waals surface area (Å²) in [6, 6.07) is 30.9. The van der Waals surface area contributed by atoms with E-state index < -0.39 is 0 Å². The van der Waals surface area contributed by atoms with Crippen molar-refractivity contribution in [3.8, 4) is 17.2 Å². The number of thioether (sulfide) groups is 1. The first-order valence-electron chi connectivity index (χ1n) is 10.9. The lowest BCUT2D eigenvalue weighted by Gasteiger charge is -2.15. The second-order valence-corrected chi connectivity index (χ2v) is 9.37. The standard InChI is InChI=1S/C29H21ClN2S/c30-24-14-11-21(12-15-24)19-33-29-26(18-31)27(22-9-5-2-6-10-22)25-16-13-23(28(25)32-29)17-20-7-3-1-4-8-20/h1-12,14-15,17H,13,16,19H2/b23-17+. The minimum atomic E-state index is 0.667. The zero-order chi connectivity index (χ0) is 22.6. The highest BCUT2D eigenvalue weighted by Crippen LogP contribution is 2.43. The van der Waals surface area contributed by atoms with E-state index >= 15 is 0 Å². The maximum atomic E-state index is 10.2. The predicted molar refractivity (Wildman–Crippen MR) is 138 cm³/mol. The van der Waals surface area contributed by atoms with Crippen LogP contribution in [0.3, 0.4) is 0 Å². The summed E-state index contributed by atoms with van der Waals surface area (Å²) in [6.07, 6.45) is 4.04. The number of pyridine rings is 1. The van der Waals surface area contributed by atoms with Crippen molar-refractivity contribution in [3.05, 3.63) is 118 Å². The fraction of sp³-hybridized carbons (Fsp3) is 0.103. The minimum Gasteiger partial charge on any atom is -0.240 e. The molecule has 1 aliphatic carbocycles. The molecule has 5 rings (SSSR count). The van der Waals surface area contributed by atoms with Crippen LogP contribution in [0.5, 0.6) is 0 Å². The van der Waals surface area contributed by atoms with E-state index in [0.717, 1.165) is 51.0 Å². The van der Waals surface area contributed by atoms with Crippen LogP contribution in [0.1, 0.15) is 34.4 Å². The number of hydrogen-bond donors (Lipinski definition) is 0. The van der Waals surface area contributed by atoms with E-state index in [-0.39, 0.29) is 0 Å². The Labute approximate surface area is 203 Å². The van der Waals surface area contributed by atoms with Gasteiger partial charge in [-0.2, -0.15) is 5.26 Å². The average molecular weight is 465 g/mol. The molecule has 0 aliphatic heterocycles. The van der Waals surface area contributed by atoms with E-state index in [1.165, 1.54) is 16.7 Å². The zero-order valence-corrected chi connectivity index (χ0v) is 19.5. The molecule has 0 atom stereocenters. The molecule has 2 nitrogen and oxygen atoms in total. The largest absolute Gasteiger partial charge is 0.240 e. The van der Waals surface area contributed by atoms with E-state index in [1.54, 1.807) is 11.8 Å². The lowest BCUT2D eigenvalue weighted by atomic mass is 9.95. The van der Waals surface area contributed by atoms with Crippen molar-refractivity contribution in [2.24, 2.45) is 0 Å². The first-order valence-corrected chi connectivity index (χ1v) is 12.2. The number of rotatable bonds is 5. The van der Waals surface area contributed by atoms with Crippen molar-refractivity contribution in [3.63, 3.8) is 0 Å². The zero-order valence-electron chi connectivity index (χ0n) is 18.0. The molecule has 0 unspecified atom stereocenters. The molecular formula is C29H21ClN2S. The Morgan fingerprint density at radius 2 is 1.61 bits per heavy atom. The van der Waals surface area contributed by atoms with E-state index in [0.29, 0.717) is 5.56 Å². The van der Waals surface area contributed by atoms with Gasteiger partial charge >= 0.3 is 0 Å². The Bertz CT molecular complexity index is 1360. The summed E-state index contributed by atoms with van der Waals surface area (Å²) in [5.41, 5.74) is 8.51. The van der Waals surface area contributed by atoms with Crippen molar-refractivity contribution in [1.29, 1.82) is 5.26 Å². The molecule has 33 heavy (non-hydrogen) atoms. The number of allylic oxidation sites excluding steroid dienone is 1. The summed E-state index contributed by atoms with van der Waals surface area (Å²) in [5.74, 6) is 0.726. The molecule has 4 heteroatoms. The molecular weight excluding hydrogens is 444 g/mol. The quantitative estimate of drug-likeness (QED) is 0.280. The molecule has 0 bridgehead atoms. The van der Waals surface area contributed by atoms with Crippen molar-refractivity contribution in [2.75, 3.05) is 0 Å². The van der Waals surface area contributed by atoms with Crippen LogP contribution in [0, 0.1) is 11.3 Å². The second kappa shape index (κ2) is 9.67. The van der Waals surface area contributed by atoms with Crippen LogP contribution in [0.4, 0.5) is 0 Å². The SMILES string of the molecule is N#Cc1c(SCc2ccc(Cl)cc2)nc2c(c1-c1ccccc1)CC/C2=C\c1ccccc1. The van der Waals surface area contributed by atoms with E-state index in [2.05, 4.69) is 48.5 Å². The molecule has 0 amide bonds. The fourth-order valence-electron chi connectivity index (χ4n) is 4.24. The Hall–Kier alpha value is -3.32. The van der Waals surface area contributed by atoms with Gasteiger partial charge in [0.15, 0.2) is 0 Å². The molecule has 160 valence electrons. The fourth-order valence-corrected chi connectivity index (χ4v) is 5.31. The number of benzene rings is 3. The normalized spacial score (nSPS) is 13.6. The van der Waals surface area contributed by atoms with Gasteiger partial charge in [0.05, 0.1) is 11.3 Å². The number of nitrogens with zero attached hydrogens (tertiary/aromatic N) is 2. The highest BCUT2D eigenvalue weighted by Gasteiger charge is 2.27. The number of nitriles is 1. The van der Waals surface area contributed by atoms with Crippen molar-refractivity contribution >= 4 is 35.0 Å². The molecule has 0 saturated heterocycles. The third-order valence-corrected chi connectivity index (χ3v) is 7.12. The van der Waals surface area contributed by atoms with Crippen LogP contribution < -0.4 is 0 Å². The van der Waals surface area contributed by atoms with Gasteiger partial charge in [0.1, 0.15) is 11.1 Å². The van der Waals surface area contributed by atoms with Crippen molar-refractivity contribution in [2.45, 2.75) is 23.6 Å². The molecule has 1 heterocycles. The summed E-state index contributed by atoms with van der Waals surface area (Å²) in [4.78, 5) is 5.07. The smallest absolute Gasteiger partial charge is 0.115 e. The Kier molecular flexibility index (Phi) is 6.30. The molecule has 1 aromatic heterocycles. The van der Waals surface area contributed by atoms with Crippen molar-refractivity contribution < 1.29 is 0 Å². The first-order chi connectivity index (χ1) is 16.2. The average Bonchev–Trinajstić information content (AvgIpc) is 3.25. The van der Waals surface area contributed by atoms with Gasteiger partial charge in [-0.3, -0.25) is 0 Å². The Morgan fingerprint density at radius 1 is 0.909 bits per heavy atom. The number of halogens is 1. The summed E-state index contributed by atoms with van der Waals surface area (Å²) in [6.45, 7) is 0. The lowest BCUT2D eigenvalue weighted by Crippen LogP contribution is -2.00. The van der Waals surface area contributed by atoms with Crippen LogP contribution in [-0.4, -0.2) is 4.98 Å². The monoisotopic (exact) mass is 464 g/mol. The summed E-state index contributed by atoms with van der Waals surface area (Å²) >= 11 is 7.65. The lowest BCUT2D eigenvalue weighted by molar-refractivity contribution is 1.05. The van der Waals surface area contributed by atoms with E-state index in [9.17, 15) is 5.26 Å². The third-order valence-electron chi connectivity index (χ3n) is 5.82. The van der Waals surface area contributed by atoms with Crippen LogP contribution in [0.2, 0.25) is 5.02 Å². The highest BCUT2D eigenvalue weighted by molar-refractivity contribution is 7.98. The molecule has 1 aliphatic rings. The molecule has 0 fully saturated rings. The summed E-state index contributed by atoms with van der Waals surface area (Å²) in [5, 5.41) is 11.7. The number of fused-ring (bicyclic) bond motifs is 1. The van der Waals surface area contributed by atoms with E-state index in [1.807, 2.05) is 48.5 Å². The maximum Gasteiger partial charge on any atom is 0.115 e. The van der Waals surface area contributed by atoms with Gasteiger partial charge in [-0.15, -0.1) is 11.8 Å². The molecule has 0 spiro atoms. The van der Waals surface area contributed by atoms with E-state index in [4.69, 9.17) is 16.6 Å². The minimum absolute atomic E-state index is 0.667. The molecule has 0 N–H and O–H groups in total. The van der Waals surface area contributed by atoms with Crippen LogP contribution in [0.15, 0.2) is 90.0 Å². The number of aromatic nitrogens is 1. The Balaban J connectivity index is 1.63.